The minimum atomic E-state index is 0.699. The van der Waals surface area contributed by atoms with E-state index < -0.39 is 0 Å². The lowest BCUT2D eigenvalue weighted by Gasteiger charge is -2.27. The lowest BCUT2D eigenvalue weighted by Crippen LogP contribution is -2.37. The third-order valence-corrected chi connectivity index (χ3v) is 3.82. The average Bonchev–Trinajstić information content (AvgIpc) is 2.99. The van der Waals surface area contributed by atoms with Gasteiger partial charge < -0.3 is 5.32 Å². The fourth-order valence-electron chi connectivity index (χ4n) is 2.73. The maximum absolute atomic E-state index is 4.54. The van der Waals surface area contributed by atoms with E-state index in [0.29, 0.717) is 6.04 Å². The molecule has 1 N–H and O–H groups in total. The number of nitrogens with zero attached hydrogens (tertiary/aromatic N) is 3. The van der Waals surface area contributed by atoms with Gasteiger partial charge in [-0.25, -0.2) is 0 Å². The highest BCUT2D eigenvalue weighted by molar-refractivity contribution is 5.10. The Bertz CT molecular complexity index is 366. The van der Waals surface area contributed by atoms with Crippen molar-refractivity contribution < 1.29 is 0 Å². The molecule has 1 aliphatic heterocycles. The van der Waals surface area contributed by atoms with E-state index in [4.69, 9.17) is 0 Å². The SMILES string of the molecule is CCCN(Cc1cc(CC)nn1C)C1CCNC1. The van der Waals surface area contributed by atoms with Crippen molar-refractivity contribution in [1.29, 1.82) is 0 Å². The molecule has 1 atom stereocenters. The van der Waals surface area contributed by atoms with Gasteiger partial charge in [-0.1, -0.05) is 13.8 Å². The number of hydrogen-bond donors (Lipinski definition) is 1. The number of hydrogen-bond acceptors (Lipinski definition) is 3. The van der Waals surface area contributed by atoms with E-state index in [1.165, 1.54) is 30.8 Å². The van der Waals surface area contributed by atoms with E-state index >= 15 is 0 Å². The Hall–Kier alpha value is -0.870. The predicted octanol–water partition coefficient (Wildman–Crippen LogP) is 1.56. The summed E-state index contributed by atoms with van der Waals surface area (Å²) < 4.78 is 2.05. The van der Waals surface area contributed by atoms with Crippen LogP contribution in [0.2, 0.25) is 0 Å². The second-order valence-electron chi connectivity index (χ2n) is 5.22. The van der Waals surface area contributed by atoms with E-state index in [9.17, 15) is 0 Å². The molecule has 2 rings (SSSR count). The molecule has 2 heterocycles. The van der Waals surface area contributed by atoms with Crippen molar-refractivity contribution in [2.24, 2.45) is 7.05 Å². The molecule has 0 amide bonds. The Morgan fingerprint density at radius 2 is 2.33 bits per heavy atom. The van der Waals surface area contributed by atoms with Crippen molar-refractivity contribution in [3.63, 3.8) is 0 Å². The Morgan fingerprint density at radius 1 is 1.50 bits per heavy atom. The summed E-state index contributed by atoms with van der Waals surface area (Å²) in [5, 5.41) is 8.01. The van der Waals surface area contributed by atoms with Gasteiger partial charge >= 0.3 is 0 Å². The Labute approximate surface area is 110 Å². The zero-order valence-corrected chi connectivity index (χ0v) is 11.9. The molecule has 0 saturated carbocycles. The van der Waals surface area contributed by atoms with Gasteiger partial charge in [-0.2, -0.15) is 5.10 Å². The first-order valence-corrected chi connectivity index (χ1v) is 7.21. The molecule has 1 aromatic rings. The molecule has 1 unspecified atom stereocenters. The number of rotatable bonds is 6. The van der Waals surface area contributed by atoms with Crippen LogP contribution in [-0.2, 0) is 20.0 Å². The molecule has 1 saturated heterocycles. The van der Waals surface area contributed by atoms with Crippen LogP contribution in [0.4, 0.5) is 0 Å². The van der Waals surface area contributed by atoms with Crippen LogP contribution < -0.4 is 5.32 Å². The molecule has 4 heteroatoms. The summed E-state index contributed by atoms with van der Waals surface area (Å²) in [7, 11) is 2.06. The summed E-state index contributed by atoms with van der Waals surface area (Å²) in [6, 6.07) is 2.95. The van der Waals surface area contributed by atoms with E-state index in [1.807, 2.05) is 4.68 Å². The molecule has 1 aromatic heterocycles. The summed E-state index contributed by atoms with van der Waals surface area (Å²) in [6.45, 7) is 8.94. The normalized spacial score (nSPS) is 19.9. The third kappa shape index (κ3) is 3.12. The molecule has 0 spiro atoms. The lowest BCUT2D eigenvalue weighted by molar-refractivity contribution is 0.194. The summed E-state index contributed by atoms with van der Waals surface area (Å²) >= 11 is 0. The molecule has 102 valence electrons. The topological polar surface area (TPSA) is 33.1 Å². The summed E-state index contributed by atoms with van der Waals surface area (Å²) in [6.07, 6.45) is 3.51. The Balaban J connectivity index is 2.04. The molecular weight excluding hydrogens is 224 g/mol. The highest BCUT2D eigenvalue weighted by Gasteiger charge is 2.22. The molecule has 0 bridgehead atoms. The predicted molar refractivity (Wildman–Crippen MR) is 74.6 cm³/mol. The summed E-state index contributed by atoms with van der Waals surface area (Å²) in [4.78, 5) is 2.61. The van der Waals surface area contributed by atoms with Crippen LogP contribution in [0.15, 0.2) is 6.07 Å². The average molecular weight is 250 g/mol. The largest absolute Gasteiger partial charge is 0.315 e. The van der Waals surface area contributed by atoms with Crippen LogP contribution in [0.3, 0.4) is 0 Å². The smallest absolute Gasteiger partial charge is 0.0625 e. The van der Waals surface area contributed by atoms with Crippen molar-refractivity contribution in [2.75, 3.05) is 19.6 Å². The quantitative estimate of drug-likeness (QED) is 0.831. The van der Waals surface area contributed by atoms with Crippen molar-refractivity contribution in [3.8, 4) is 0 Å². The van der Waals surface area contributed by atoms with Crippen LogP contribution in [0.5, 0.6) is 0 Å². The Morgan fingerprint density at radius 3 is 2.89 bits per heavy atom. The van der Waals surface area contributed by atoms with Gasteiger partial charge in [0.2, 0.25) is 0 Å². The van der Waals surface area contributed by atoms with Gasteiger partial charge in [0.15, 0.2) is 0 Å². The van der Waals surface area contributed by atoms with Crippen LogP contribution in [0.1, 0.15) is 38.1 Å². The number of nitrogens with one attached hydrogen (secondary N) is 1. The van der Waals surface area contributed by atoms with Crippen molar-refractivity contribution in [2.45, 2.75) is 45.7 Å². The van der Waals surface area contributed by atoms with Gasteiger partial charge in [-0.15, -0.1) is 0 Å². The monoisotopic (exact) mass is 250 g/mol. The first-order chi connectivity index (χ1) is 8.74. The van der Waals surface area contributed by atoms with Crippen molar-refractivity contribution >= 4 is 0 Å². The van der Waals surface area contributed by atoms with Gasteiger partial charge in [-0.3, -0.25) is 9.58 Å². The fraction of sp³-hybridized carbons (Fsp3) is 0.786. The van der Waals surface area contributed by atoms with Crippen LogP contribution in [0.25, 0.3) is 0 Å². The van der Waals surface area contributed by atoms with Gasteiger partial charge in [0, 0.05) is 26.2 Å². The first-order valence-electron chi connectivity index (χ1n) is 7.21. The van der Waals surface area contributed by atoms with Gasteiger partial charge in [0.1, 0.15) is 0 Å². The maximum Gasteiger partial charge on any atom is 0.0625 e. The van der Waals surface area contributed by atoms with Crippen LogP contribution in [-0.4, -0.2) is 40.4 Å². The van der Waals surface area contributed by atoms with E-state index in [2.05, 4.69) is 42.3 Å². The molecule has 4 nitrogen and oxygen atoms in total. The van der Waals surface area contributed by atoms with Gasteiger partial charge in [0.05, 0.1) is 11.4 Å². The van der Waals surface area contributed by atoms with Crippen molar-refractivity contribution in [1.82, 2.24) is 20.0 Å². The molecule has 1 fully saturated rings. The van der Waals surface area contributed by atoms with Gasteiger partial charge in [0.25, 0.3) is 0 Å². The number of aromatic nitrogens is 2. The highest BCUT2D eigenvalue weighted by Crippen LogP contribution is 2.14. The fourth-order valence-corrected chi connectivity index (χ4v) is 2.73. The highest BCUT2D eigenvalue weighted by atomic mass is 15.3. The third-order valence-electron chi connectivity index (χ3n) is 3.82. The van der Waals surface area contributed by atoms with E-state index in [-0.39, 0.29) is 0 Å². The van der Waals surface area contributed by atoms with Crippen LogP contribution in [0, 0.1) is 0 Å². The standard InChI is InChI=1S/C14H26N4/c1-4-8-18(13-6-7-15-10-13)11-14-9-12(5-2)16-17(14)3/h9,13,15H,4-8,10-11H2,1-3H3. The molecule has 0 radical (unpaired) electrons. The molecule has 0 aromatic carbocycles. The maximum atomic E-state index is 4.54. The molecule has 0 aliphatic carbocycles. The molecular formula is C14H26N4. The van der Waals surface area contributed by atoms with Crippen molar-refractivity contribution in [3.05, 3.63) is 17.5 Å². The minimum absolute atomic E-state index is 0.699. The Kier molecular flexibility index (Phi) is 4.78. The van der Waals surface area contributed by atoms with E-state index in [0.717, 1.165) is 26.1 Å². The molecule has 1 aliphatic rings. The lowest BCUT2D eigenvalue weighted by atomic mass is 10.2. The zero-order valence-electron chi connectivity index (χ0n) is 11.9. The second-order valence-corrected chi connectivity index (χ2v) is 5.22. The summed E-state index contributed by atoms with van der Waals surface area (Å²) in [5.74, 6) is 0. The second kappa shape index (κ2) is 6.34. The minimum Gasteiger partial charge on any atom is -0.315 e. The zero-order chi connectivity index (χ0) is 13.0. The van der Waals surface area contributed by atoms with Crippen LogP contribution >= 0.6 is 0 Å². The number of aryl methyl sites for hydroxylation is 2. The summed E-state index contributed by atoms with van der Waals surface area (Å²) in [5.41, 5.74) is 2.54. The van der Waals surface area contributed by atoms with E-state index in [1.54, 1.807) is 0 Å². The van der Waals surface area contributed by atoms with Gasteiger partial charge in [-0.05, 0) is 38.4 Å². The molecule has 18 heavy (non-hydrogen) atoms. The first kappa shape index (κ1) is 13.6.